The highest BCUT2D eigenvalue weighted by Gasteiger charge is 2.17. The molecule has 1 saturated heterocycles. The lowest BCUT2D eigenvalue weighted by Gasteiger charge is -2.27. The largest absolute Gasteiger partial charge is 0.444 e. The Hall–Kier alpha value is -0.880. The quantitative estimate of drug-likeness (QED) is 0.752. The number of amides is 1. The summed E-state index contributed by atoms with van der Waals surface area (Å²) in [6, 6.07) is 0. The van der Waals surface area contributed by atoms with E-state index in [1.807, 2.05) is 20.8 Å². The standard InChI is InChI=1S/C12H23N3O2S/c1-12(2,3)17-11(16)14-10(18)13-9-15-7-5-4-6-8-15/h4-9H2,1-3H3,(H2,13,14,16,18). The highest BCUT2D eigenvalue weighted by molar-refractivity contribution is 7.80. The van der Waals surface area contributed by atoms with Crippen molar-refractivity contribution in [1.82, 2.24) is 15.5 Å². The number of nitrogens with one attached hydrogen (secondary N) is 2. The van der Waals surface area contributed by atoms with Crippen LogP contribution in [0.5, 0.6) is 0 Å². The number of ether oxygens (including phenoxy) is 1. The number of piperidine rings is 1. The van der Waals surface area contributed by atoms with Crippen LogP contribution in [-0.4, -0.2) is 41.5 Å². The molecule has 6 heteroatoms. The summed E-state index contributed by atoms with van der Waals surface area (Å²) in [6.07, 6.45) is 3.25. The van der Waals surface area contributed by atoms with Gasteiger partial charge >= 0.3 is 6.09 Å². The van der Waals surface area contributed by atoms with Crippen molar-refractivity contribution in [2.24, 2.45) is 0 Å². The van der Waals surface area contributed by atoms with Gasteiger partial charge < -0.3 is 10.1 Å². The summed E-state index contributed by atoms with van der Waals surface area (Å²) in [7, 11) is 0. The summed E-state index contributed by atoms with van der Waals surface area (Å²) in [5.74, 6) is 0. The van der Waals surface area contributed by atoms with Gasteiger partial charge in [-0.05, 0) is 58.9 Å². The van der Waals surface area contributed by atoms with Gasteiger partial charge in [0.05, 0.1) is 6.67 Å². The lowest BCUT2D eigenvalue weighted by atomic mass is 10.1. The third-order valence-corrected chi connectivity index (χ3v) is 2.77. The van der Waals surface area contributed by atoms with Crippen LogP contribution in [0.25, 0.3) is 0 Å². The van der Waals surface area contributed by atoms with Crippen LogP contribution in [0.3, 0.4) is 0 Å². The Morgan fingerprint density at radius 2 is 1.89 bits per heavy atom. The van der Waals surface area contributed by atoms with Crippen LogP contribution in [0.2, 0.25) is 0 Å². The topological polar surface area (TPSA) is 53.6 Å². The van der Waals surface area contributed by atoms with E-state index < -0.39 is 11.7 Å². The Morgan fingerprint density at radius 3 is 2.44 bits per heavy atom. The number of rotatable bonds is 2. The van der Waals surface area contributed by atoms with Crippen molar-refractivity contribution in [2.75, 3.05) is 19.8 Å². The molecule has 0 aromatic carbocycles. The molecule has 5 nitrogen and oxygen atoms in total. The second-order valence-electron chi connectivity index (χ2n) is 5.47. The number of carbonyl (C=O) groups is 1. The first-order valence-corrected chi connectivity index (χ1v) is 6.78. The van der Waals surface area contributed by atoms with Crippen molar-refractivity contribution in [3.8, 4) is 0 Å². The van der Waals surface area contributed by atoms with Gasteiger partial charge in [-0.15, -0.1) is 0 Å². The van der Waals surface area contributed by atoms with E-state index in [4.69, 9.17) is 17.0 Å². The zero-order valence-electron chi connectivity index (χ0n) is 11.4. The molecule has 0 aliphatic carbocycles. The molecule has 104 valence electrons. The fourth-order valence-corrected chi connectivity index (χ4v) is 1.89. The summed E-state index contributed by atoms with van der Waals surface area (Å²) in [4.78, 5) is 13.7. The zero-order chi connectivity index (χ0) is 13.6. The lowest BCUT2D eigenvalue weighted by Crippen LogP contribution is -2.47. The first-order valence-electron chi connectivity index (χ1n) is 6.37. The van der Waals surface area contributed by atoms with Crippen LogP contribution in [-0.2, 0) is 4.74 Å². The van der Waals surface area contributed by atoms with E-state index in [0.29, 0.717) is 11.8 Å². The molecule has 0 radical (unpaired) electrons. The number of hydrogen-bond donors (Lipinski definition) is 2. The number of alkyl carbamates (subject to hydrolysis) is 1. The summed E-state index contributed by atoms with van der Waals surface area (Å²) >= 11 is 5.04. The first-order chi connectivity index (χ1) is 8.37. The highest BCUT2D eigenvalue weighted by Crippen LogP contribution is 2.07. The minimum absolute atomic E-state index is 0.315. The SMILES string of the molecule is CC(C)(C)OC(=O)NC(=S)NCN1CCCCC1. The van der Waals surface area contributed by atoms with Gasteiger partial charge in [0.2, 0.25) is 0 Å². The number of carbonyl (C=O) groups excluding carboxylic acids is 1. The third-order valence-electron chi connectivity index (χ3n) is 2.53. The lowest BCUT2D eigenvalue weighted by molar-refractivity contribution is 0.0562. The highest BCUT2D eigenvalue weighted by atomic mass is 32.1. The van der Waals surface area contributed by atoms with Crippen molar-refractivity contribution in [3.63, 3.8) is 0 Å². The normalized spacial score (nSPS) is 17.1. The molecule has 1 fully saturated rings. The van der Waals surface area contributed by atoms with Crippen LogP contribution in [0.1, 0.15) is 40.0 Å². The van der Waals surface area contributed by atoms with Crippen LogP contribution >= 0.6 is 12.2 Å². The van der Waals surface area contributed by atoms with E-state index in [0.717, 1.165) is 13.1 Å². The van der Waals surface area contributed by atoms with Crippen LogP contribution in [0.15, 0.2) is 0 Å². The average molecular weight is 273 g/mol. The van der Waals surface area contributed by atoms with E-state index in [-0.39, 0.29) is 0 Å². The summed E-state index contributed by atoms with van der Waals surface area (Å²) < 4.78 is 5.11. The van der Waals surface area contributed by atoms with E-state index in [9.17, 15) is 4.79 Å². The van der Waals surface area contributed by atoms with Gasteiger partial charge in [-0.25, -0.2) is 4.79 Å². The molecule has 0 spiro atoms. The summed E-state index contributed by atoms with van der Waals surface area (Å²) in [5.41, 5.74) is -0.507. The van der Waals surface area contributed by atoms with Gasteiger partial charge in [-0.1, -0.05) is 6.42 Å². The molecule has 1 heterocycles. The number of thiocarbonyl (C=S) groups is 1. The van der Waals surface area contributed by atoms with Crippen molar-refractivity contribution in [1.29, 1.82) is 0 Å². The monoisotopic (exact) mass is 273 g/mol. The molecule has 0 atom stereocenters. The molecule has 0 bridgehead atoms. The molecule has 2 N–H and O–H groups in total. The van der Waals surface area contributed by atoms with Crippen LogP contribution in [0, 0.1) is 0 Å². The van der Waals surface area contributed by atoms with E-state index >= 15 is 0 Å². The van der Waals surface area contributed by atoms with E-state index in [1.165, 1.54) is 19.3 Å². The maximum Gasteiger partial charge on any atom is 0.413 e. The molecule has 0 saturated carbocycles. The Kier molecular flexibility index (Phi) is 5.81. The smallest absolute Gasteiger partial charge is 0.413 e. The molecule has 1 aliphatic rings. The van der Waals surface area contributed by atoms with Crippen molar-refractivity contribution >= 4 is 23.4 Å². The maximum atomic E-state index is 11.4. The van der Waals surface area contributed by atoms with Gasteiger partial charge in [-0.3, -0.25) is 10.2 Å². The Morgan fingerprint density at radius 1 is 1.28 bits per heavy atom. The molecule has 1 aliphatic heterocycles. The van der Waals surface area contributed by atoms with Crippen LogP contribution < -0.4 is 10.6 Å². The van der Waals surface area contributed by atoms with Crippen LogP contribution in [0.4, 0.5) is 4.79 Å². The molecular formula is C12H23N3O2S. The van der Waals surface area contributed by atoms with Gasteiger partial charge in [-0.2, -0.15) is 0 Å². The van der Waals surface area contributed by atoms with Crippen molar-refractivity contribution in [2.45, 2.75) is 45.6 Å². The summed E-state index contributed by atoms with van der Waals surface area (Å²) in [5, 5.41) is 5.84. The van der Waals surface area contributed by atoms with Crippen molar-refractivity contribution in [3.05, 3.63) is 0 Å². The van der Waals surface area contributed by atoms with Crippen molar-refractivity contribution < 1.29 is 9.53 Å². The third kappa shape index (κ3) is 6.76. The average Bonchev–Trinajstić information content (AvgIpc) is 2.25. The second kappa shape index (κ2) is 6.89. The van der Waals surface area contributed by atoms with Gasteiger partial charge in [0.1, 0.15) is 5.60 Å². The van der Waals surface area contributed by atoms with E-state index in [2.05, 4.69) is 15.5 Å². The number of hydrogen-bond acceptors (Lipinski definition) is 4. The Bertz CT molecular complexity index is 296. The number of likely N-dealkylation sites (tertiary alicyclic amines) is 1. The first kappa shape index (κ1) is 15.2. The number of nitrogens with zero attached hydrogens (tertiary/aromatic N) is 1. The molecule has 0 aromatic rings. The van der Waals surface area contributed by atoms with Gasteiger partial charge in [0.25, 0.3) is 0 Å². The predicted molar refractivity (Wildman–Crippen MR) is 75.4 cm³/mol. The Labute approximate surface area is 114 Å². The minimum Gasteiger partial charge on any atom is -0.444 e. The molecule has 1 rings (SSSR count). The predicted octanol–water partition coefficient (Wildman–Crippen LogP) is 1.83. The molecule has 1 amide bonds. The molecule has 0 aromatic heterocycles. The fraction of sp³-hybridized carbons (Fsp3) is 0.833. The fourth-order valence-electron chi connectivity index (χ4n) is 1.74. The molecule has 0 unspecified atom stereocenters. The zero-order valence-corrected chi connectivity index (χ0v) is 12.2. The second-order valence-corrected chi connectivity index (χ2v) is 5.88. The van der Waals surface area contributed by atoms with Gasteiger partial charge in [0.15, 0.2) is 5.11 Å². The molecular weight excluding hydrogens is 250 g/mol. The minimum atomic E-state index is -0.515. The van der Waals surface area contributed by atoms with Gasteiger partial charge in [0, 0.05) is 0 Å². The summed E-state index contributed by atoms with van der Waals surface area (Å²) in [6.45, 7) is 8.29. The maximum absolute atomic E-state index is 11.4. The van der Waals surface area contributed by atoms with E-state index in [1.54, 1.807) is 0 Å². The molecule has 18 heavy (non-hydrogen) atoms. The Balaban J connectivity index is 2.18.